The molecule has 1 saturated heterocycles. The third-order valence-electron chi connectivity index (χ3n) is 3.30. The highest BCUT2D eigenvalue weighted by molar-refractivity contribution is 6.30. The number of rotatable bonds is 4. The van der Waals surface area contributed by atoms with E-state index in [4.69, 9.17) is 16.3 Å². The van der Waals surface area contributed by atoms with Gasteiger partial charge in [-0.15, -0.1) is 12.4 Å². The average molecular weight is 319 g/mol. The van der Waals surface area contributed by atoms with Crippen LogP contribution in [0.5, 0.6) is 5.75 Å². The van der Waals surface area contributed by atoms with Crippen LogP contribution in [0.1, 0.15) is 18.4 Å². The molecule has 4 nitrogen and oxygen atoms in total. The van der Waals surface area contributed by atoms with Crippen LogP contribution in [0.15, 0.2) is 18.2 Å². The monoisotopic (exact) mass is 318 g/mol. The van der Waals surface area contributed by atoms with Gasteiger partial charge >= 0.3 is 0 Å². The molecule has 0 aromatic heterocycles. The maximum absolute atomic E-state index is 12.0. The van der Waals surface area contributed by atoms with E-state index in [0.717, 1.165) is 31.5 Å². The van der Waals surface area contributed by atoms with E-state index in [1.807, 2.05) is 0 Å². The van der Waals surface area contributed by atoms with E-state index < -0.39 is 0 Å². The van der Waals surface area contributed by atoms with E-state index in [1.165, 1.54) is 0 Å². The molecule has 1 aromatic rings. The Labute approximate surface area is 130 Å². The fourth-order valence-electron chi connectivity index (χ4n) is 2.30. The van der Waals surface area contributed by atoms with Gasteiger partial charge in [0.15, 0.2) is 0 Å². The molecule has 6 heteroatoms. The van der Waals surface area contributed by atoms with Crippen molar-refractivity contribution in [1.29, 1.82) is 0 Å². The van der Waals surface area contributed by atoms with E-state index in [-0.39, 0.29) is 24.4 Å². The van der Waals surface area contributed by atoms with Gasteiger partial charge in [-0.3, -0.25) is 4.79 Å². The molecule has 1 aliphatic rings. The molecular formula is C14H20Cl2N2O2. The first-order valence-electron chi connectivity index (χ1n) is 6.51. The molecule has 2 N–H and O–H groups in total. The smallest absolute Gasteiger partial charge is 0.224 e. The van der Waals surface area contributed by atoms with Crippen molar-refractivity contribution in [3.05, 3.63) is 28.8 Å². The minimum atomic E-state index is 0. The van der Waals surface area contributed by atoms with Crippen LogP contribution in [0.2, 0.25) is 5.02 Å². The van der Waals surface area contributed by atoms with E-state index in [2.05, 4.69) is 10.6 Å². The Kier molecular flexibility index (Phi) is 7.13. The first kappa shape index (κ1) is 17.1. The van der Waals surface area contributed by atoms with E-state index in [9.17, 15) is 4.79 Å². The van der Waals surface area contributed by atoms with Crippen molar-refractivity contribution in [2.45, 2.75) is 25.3 Å². The lowest BCUT2D eigenvalue weighted by molar-refractivity contribution is -0.121. The highest BCUT2D eigenvalue weighted by atomic mass is 35.5. The van der Waals surface area contributed by atoms with Gasteiger partial charge in [0, 0.05) is 16.6 Å². The molecule has 1 fully saturated rings. The number of halogens is 2. The normalized spacial score (nSPS) is 15.3. The minimum absolute atomic E-state index is 0. The highest BCUT2D eigenvalue weighted by Gasteiger charge is 2.16. The number of ether oxygens (including phenoxy) is 1. The van der Waals surface area contributed by atoms with Crippen LogP contribution < -0.4 is 15.4 Å². The molecule has 1 heterocycles. The summed E-state index contributed by atoms with van der Waals surface area (Å²) in [6.07, 6.45) is 2.27. The summed E-state index contributed by atoms with van der Waals surface area (Å²) >= 11 is 5.95. The summed E-state index contributed by atoms with van der Waals surface area (Å²) in [6.45, 7) is 1.93. The van der Waals surface area contributed by atoms with Crippen LogP contribution in [0.3, 0.4) is 0 Å². The molecule has 20 heavy (non-hydrogen) atoms. The second-order valence-corrected chi connectivity index (χ2v) is 5.16. The molecule has 0 atom stereocenters. The number of benzene rings is 1. The van der Waals surface area contributed by atoms with Gasteiger partial charge in [0.2, 0.25) is 5.91 Å². The number of amides is 1. The molecular weight excluding hydrogens is 299 g/mol. The summed E-state index contributed by atoms with van der Waals surface area (Å²) < 4.78 is 5.24. The molecule has 0 saturated carbocycles. The van der Waals surface area contributed by atoms with Crippen molar-refractivity contribution in [2.24, 2.45) is 0 Å². The molecule has 0 spiro atoms. The Bertz CT molecular complexity index is 449. The minimum Gasteiger partial charge on any atom is -0.496 e. The lowest BCUT2D eigenvalue weighted by Crippen LogP contribution is -2.43. The summed E-state index contributed by atoms with van der Waals surface area (Å²) in [5, 5.41) is 6.95. The molecule has 0 unspecified atom stereocenters. The second-order valence-electron chi connectivity index (χ2n) is 4.72. The van der Waals surface area contributed by atoms with Gasteiger partial charge in [0.1, 0.15) is 5.75 Å². The van der Waals surface area contributed by atoms with Crippen molar-refractivity contribution in [2.75, 3.05) is 20.2 Å². The number of nitrogens with one attached hydrogen (secondary N) is 2. The van der Waals surface area contributed by atoms with Crippen molar-refractivity contribution < 1.29 is 9.53 Å². The first-order chi connectivity index (χ1) is 9.19. The van der Waals surface area contributed by atoms with Crippen LogP contribution in [-0.4, -0.2) is 32.1 Å². The number of piperidine rings is 1. The number of carbonyl (C=O) groups is 1. The maximum Gasteiger partial charge on any atom is 0.224 e. The maximum atomic E-state index is 12.0. The Morgan fingerprint density at radius 1 is 1.45 bits per heavy atom. The Morgan fingerprint density at radius 3 is 2.80 bits per heavy atom. The summed E-state index contributed by atoms with van der Waals surface area (Å²) in [6, 6.07) is 5.60. The zero-order valence-electron chi connectivity index (χ0n) is 11.4. The van der Waals surface area contributed by atoms with E-state index in [1.54, 1.807) is 25.3 Å². The van der Waals surface area contributed by atoms with Gasteiger partial charge in [-0.1, -0.05) is 11.6 Å². The lowest BCUT2D eigenvalue weighted by atomic mass is 10.1. The predicted molar refractivity (Wildman–Crippen MR) is 83.0 cm³/mol. The predicted octanol–water partition coefficient (Wildman–Crippen LogP) is 2.18. The molecule has 112 valence electrons. The van der Waals surface area contributed by atoms with Gasteiger partial charge in [0.05, 0.1) is 13.5 Å². The molecule has 2 rings (SSSR count). The van der Waals surface area contributed by atoms with Crippen LogP contribution >= 0.6 is 24.0 Å². The van der Waals surface area contributed by atoms with Crippen molar-refractivity contribution in [1.82, 2.24) is 10.6 Å². The number of hydrogen-bond acceptors (Lipinski definition) is 3. The largest absolute Gasteiger partial charge is 0.496 e. The number of hydrogen-bond donors (Lipinski definition) is 2. The summed E-state index contributed by atoms with van der Waals surface area (Å²) in [5.41, 5.74) is 0.821. The standard InChI is InChI=1S/C14H19ClN2O2.ClH/c1-19-13-3-2-11(15)8-10(13)9-14(18)17-12-4-6-16-7-5-12;/h2-3,8,12,16H,4-7,9H2,1H3,(H,17,18);1H. The van der Waals surface area contributed by atoms with Crippen molar-refractivity contribution in [3.63, 3.8) is 0 Å². The molecule has 1 aromatic carbocycles. The quantitative estimate of drug-likeness (QED) is 0.894. The molecule has 1 amide bonds. The van der Waals surface area contributed by atoms with Gasteiger partial charge in [-0.2, -0.15) is 0 Å². The second kappa shape index (κ2) is 8.35. The zero-order chi connectivity index (χ0) is 13.7. The Balaban J connectivity index is 0.00000200. The molecule has 0 bridgehead atoms. The van der Waals surface area contributed by atoms with Gasteiger partial charge in [-0.05, 0) is 44.1 Å². The molecule has 1 aliphatic heterocycles. The number of methoxy groups -OCH3 is 1. The first-order valence-corrected chi connectivity index (χ1v) is 6.89. The Morgan fingerprint density at radius 2 is 2.15 bits per heavy atom. The highest BCUT2D eigenvalue weighted by Crippen LogP contribution is 2.23. The molecule has 0 radical (unpaired) electrons. The van der Waals surface area contributed by atoms with Gasteiger partial charge in [-0.25, -0.2) is 0 Å². The van der Waals surface area contributed by atoms with Gasteiger partial charge in [0.25, 0.3) is 0 Å². The lowest BCUT2D eigenvalue weighted by Gasteiger charge is -2.23. The third kappa shape index (κ3) is 4.85. The Hall–Kier alpha value is -0.970. The van der Waals surface area contributed by atoms with E-state index in [0.29, 0.717) is 17.2 Å². The SMILES string of the molecule is COc1ccc(Cl)cc1CC(=O)NC1CCNCC1.Cl. The summed E-state index contributed by atoms with van der Waals surface area (Å²) in [5.74, 6) is 0.720. The fourth-order valence-corrected chi connectivity index (χ4v) is 2.50. The molecule has 0 aliphatic carbocycles. The third-order valence-corrected chi connectivity index (χ3v) is 3.53. The van der Waals surface area contributed by atoms with Crippen molar-refractivity contribution in [3.8, 4) is 5.75 Å². The fraction of sp³-hybridized carbons (Fsp3) is 0.500. The zero-order valence-corrected chi connectivity index (χ0v) is 13.0. The van der Waals surface area contributed by atoms with Crippen LogP contribution in [0.25, 0.3) is 0 Å². The summed E-state index contributed by atoms with van der Waals surface area (Å²) in [4.78, 5) is 12.0. The number of carbonyl (C=O) groups excluding carboxylic acids is 1. The van der Waals surface area contributed by atoms with Crippen molar-refractivity contribution >= 4 is 29.9 Å². The summed E-state index contributed by atoms with van der Waals surface area (Å²) in [7, 11) is 1.59. The average Bonchev–Trinajstić information content (AvgIpc) is 2.40. The van der Waals surface area contributed by atoms with E-state index >= 15 is 0 Å². The van der Waals surface area contributed by atoms with Crippen LogP contribution in [0.4, 0.5) is 0 Å². The topological polar surface area (TPSA) is 50.4 Å². The van der Waals surface area contributed by atoms with Crippen LogP contribution in [0, 0.1) is 0 Å². The van der Waals surface area contributed by atoms with Gasteiger partial charge < -0.3 is 15.4 Å². The van der Waals surface area contributed by atoms with Crippen LogP contribution in [-0.2, 0) is 11.2 Å².